The van der Waals surface area contributed by atoms with Crippen LogP contribution < -0.4 is 34.5 Å². The number of amides is 1. The molecule has 0 heterocycles. The Bertz CT molecular complexity index is 537. The molecule has 0 aliphatic rings. The summed E-state index contributed by atoms with van der Waals surface area (Å²) in [5.41, 5.74) is 0.592. The molecule has 2 atom stereocenters. The third kappa shape index (κ3) is 5.99. The Morgan fingerprint density at radius 3 is 2.32 bits per heavy atom. The summed E-state index contributed by atoms with van der Waals surface area (Å²) < 4.78 is 12.7. The normalized spacial score (nSPS) is 14.6. The van der Waals surface area contributed by atoms with E-state index >= 15 is 0 Å². The van der Waals surface area contributed by atoms with E-state index in [4.69, 9.17) is 0 Å². The molecule has 116 valence electrons. The first-order valence-electron chi connectivity index (χ1n) is 6.67. The summed E-state index contributed by atoms with van der Waals surface area (Å²) in [5, 5.41) is 0. The Labute approximate surface area is 154 Å². The van der Waals surface area contributed by atoms with Gasteiger partial charge in [-0.1, -0.05) is 36.4 Å². The van der Waals surface area contributed by atoms with Crippen molar-refractivity contribution in [2.75, 3.05) is 26.9 Å². The maximum Gasteiger partial charge on any atom is 1.00 e. The molecular formula is C15H22N2NaO3P. The van der Waals surface area contributed by atoms with Crippen LogP contribution in [0, 0.1) is 0 Å². The third-order valence-corrected chi connectivity index (χ3v) is 5.26. The van der Waals surface area contributed by atoms with Gasteiger partial charge in [0, 0.05) is 19.8 Å². The van der Waals surface area contributed by atoms with Gasteiger partial charge < -0.3 is 19.3 Å². The molecule has 1 amide bonds. The zero-order chi connectivity index (χ0) is 16.0. The van der Waals surface area contributed by atoms with Gasteiger partial charge in [-0.2, -0.15) is 0 Å². The minimum atomic E-state index is -3.89. The molecule has 22 heavy (non-hydrogen) atoms. The van der Waals surface area contributed by atoms with Gasteiger partial charge in [-0.25, -0.2) is 0 Å². The molecule has 2 unspecified atom stereocenters. The number of carbonyl (C=O) groups is 1. The summed E-state index contributed by atoms with van der Waals surface area (Å²) in [4.78, 5) is 27.5. The molecule has 1 rings (SSSR count). The van der Waals surface area contributed by atoms with E-state index in [0.29, 0.717) is 5.56 Å². The fourth-order valence-corrected chi connectivity index (χ4v) is 4.51. The van der Waals surface area contributed by atoms with Gasteiger partial charge in [-0.15, -0.1) is 6.58 Å². The topological polar surface area (TPSA) is 63.7 Å². The molecule has 5 nitrogen and oxygen atoms in total. The van der Waals surface area contributed by atoms with Gasteiger partial charge in [0.25, 0.3) is 0 Å². The molecule has 0 N–H and O–H groups in total. The first-order chi connectivity index (χ1) is 9.79. The van der Waals surface area contributed by atoms with Crippen molar-refractivity contribution in [3.63, 3.8) is 0 Å². The van der Waals surface area contributed by atoms with E-state index in [9.17, 15) is 14.3 Å². The van der Waals surface area contributed by atoms with Crippen LogP contribution in [0.4, 0.5) is 0 Å². The first kappa shape index (κ1) is 21.6. The quantitative estimate of drug-likeness (QED) is 0.361. The maximum absolute atomic E-state index is 12.7. The Morgan fingerprint density at radius 1 is 1.36 bits per heavy atom. The van der Waals surface area contributed by atoms with Crippen LogP contribution in [0.5, 0.6) is 0 Å². The molecule has 1 aromatic carbocycles. The second-order valence-electron chi connectivity index (χ2n) is 5.19. The average Bonchev–Trinajstić information content (AvgIpc) is 2.37. The summed E-state index contributed by atoms with van der Waals surface area (Å²) >= 11 is 0. The summed E-state index contributed by atoms with van der Waals surface area (Å²) in [7, 11) is -0.502. The van der Waals surface area contributed by atoms with Crippen molar-refractivity contribution in [1.82, 2.24) is 9.80 Å². The van der Waals surface area contributed by atoms with Crippen molar-refractivity contribution in [2.24, 2.45) is 0 Å². The minimum absolute atomic E-state index is 0. The van der Waals surface area contributed by atoms with Crippen molar-refractivity contribution in [2.45, 2.75) is 12.7 Å². The van der Waals surface area contributed by atoms with Crippen LogP contribution in [0.3, 0.4) is 0 Å². The summed E-state index contributed by atoms with van der Waals surface area (Å²) in [6.45, 7) is 5.17. The molecule has 0 bridgehead atoms. The second-order valence-corrected chi connectivity index (χ2v) is 7.42. The van der Waals surface area contributed by atoms with Gasteiger partial charge in [0.1, 0.15) is 0 Å². The van der Waals surface area contributed by atoms with E-state index < -0.39 is 13.2 Å². The fraction of sp³-hybridized carbons (Fsp3) is 0.400. The largest absolute Gasteiger partial charge is 1.00 e. The zero-order valence-corrected chi connectivity index (χ0v) is 16.6. The van der Waals surface area contributed by atoms with Gasteiger partial charge in [0.2, 0.25) is 5.91 Å². The van der Waals surface area contributed by atoms with Gasteiger partial charge in [0.15, 0.2) is 0 Å². The number of hydrogen-bond acceptors (Lipinski definition) is 4. The zero-order valence-electron chi connectivity index (χ0n) is 13.7. The Morgan fingerprint density at radius 2 is 1.91 bits per heavy atom. The first-order valence-corrected chi connectivity index (χ1v) is 8.55. The van der Waals surface area contributed by atoms with Crippen LogP contribution in [0.1, 0.15) is 18.3 Å². The van der Waals surface area contributed by atoms with Crippen LogP contribution in [0.15, 0.2) is 43.0 Å². The van der Waals surface area contributed by atoms with E-state index in [1.54, 1.807) is 43.3 Å². The van der Waals surface area contributed by atoms with Crippen molar-refractivity contribution in [3.05, 3.63) is 48.6 Å². The van der Waals surface area contributed by atoms with Gasteiger partial charge >= 0.3 is 29.6 Å². The molecule has 0 radical (unpaired) electrons. The molecule has 0 fully saturated rings. The number of nitrogens with zero attached hydrogens (tertiary/aromatic N) is 2. The molecule has 0 saturated heterocycles. The SMILES string of the molecule is C=CCN(C(C)=O)C(c1ccccc1)P(=O)([O-])CN(C)C.[Na+]. The van der Waals surface area contributed by atoms with Gasteiger partial charge in [-0.3, -0.25) is 4.79 Å². The molecular weight excluding hydrogens is 310 g/mol. The smallest absolute Gasteiger partial charge is 0.797 e. The van der Waals surface area contributed by atoms with E-state index in [-0.39, 0.29) is 48.3 Å². The summed E-state index contributed by atoms with van der Waals surface area (Å²) in [6.07, 6.45) is 1.43. The standard InChI is InChI=1S/C15H23N2O3P.Na/c1-5-11-17(13(2)18)15(14-9-7-6-8-10-14)21(19,20)12-16(3)4;/h5-10,15H,1,11-12H2,2-4H3,(H,19,20);/q;+1/p-1. The van der Waals surface area contributed by atoms with Crippen LogP contribution in [0.2, 0.25) is 0 Å². The predicted molar refractivity (Wildman–Crippen MR) is 82.9 cm³/mol. The van der Waals surface area contributed by atoms with Gasteiger partial charge in [0.05, 0.1) is 13.2 Å². The van der Waals surface area contributed by atoms with Crippen molar-refractivity contribution < 1.29 is 43.8 Å². The molecule has 0 spiro atoms. The Hall–Kier alpha value is -0.420. The van der Waals surface area contributed by atoms with E-state index in [1.807, 2.05) is 6.07 Å². The number of hydrogen-bond donors (Lipinski definition) is 0. The van der Waals surface area contributed by atoms with E-state index in [2.05, 4.69) is 6.58 Å². The monoisotopic (exact) mass is 332 g/mol. The van der Waals surface area contributed by atoms with E-state index in [1.165, 1.54) is 17.9 Å². The predicted octanol–water partition coefficient (Wildman–Crippen LogP) is -1.12. The number of rotatable bonds is 7. The average molecular weight is 332 g/mol. The summed E-state index contributed by atoms with van der Waals surface area (Å²) in [6, 6.07) is 8.80. The summed E-state index contributed by atoms with van der Waals surface area (Å²) in [5.74, 6) is -1.27. The molecule has 0 aliphatic carbocycles. The van der Waals surface area contributed by atoms with Crippen LogP contribution >= 0.6 is 7.37 Å². The molecule has 7 heteroatoms. The number of carbonyl (C=O) groups excluding carboxylic acids is 1. The van der Waals surface area contributed by atoms with E-state index in [0.717, 1.165) is 0 Å². The third-order valence-electron chi connectivity index (χ3n) is 2.98. The molecule has 0 aromatic heterocycles. The molecule has 0 aliphatic heterocycles. The molecule has 0 saturated carbocycles. The minimum Gasteiger partial charge on any atom is -0.797 e. The van der Waals surface area contributed by atoms with Gasteiger partial charge in [-0.05, 0) is 19.7 Å². The Balaban J connectivity index is 0.00000441. The fourth-order valence-electron chi connectivity index (χ4n) is 2.26. The van der Waals surface area contributed by atoms with Crippen LogP contribution in [-0.4, -0.2) is 42.6 Å². The Kier molecular flexibility index (Phi) is 9.47. The number of benzene rings is 1. The maximum atomic E-state index is 12.7. The second kappa shape index (κ2) is 9.66. The van der Waals surface area contributed by atoms with Crippen LogP contribution in [-0.2, 0) is 9.36 Å². The van der Waals surface area contributed by atoms with Crippen LogP contribution in [0.25, 0.3) is 0 Å². The van der Waals surface area contributed by atoms with Crippen molar-refractivity contribution in [3.8, 4) is 0 Å². The van der Waals surface area contributed by atoms with Crippen molar-refractivity contribution >= 4 is 13.3 Å². The molecule has 1 aromatic rings. The van der Waals surface area contributed by atoms with Crippen molar-refractivity contribution in [1.29, 1.82) is 0 Å².